The zero-order valence-corrected chi connectivity index (χ0v) is 8.34. The average molecular weight is 172 g/mol. The number of hydrogen-bond acceptors (Lipinski definition) is 3. The normalized spacial score (nSPS) is 18.8. The summed E-state index contributed by atoms with van der Waals surface area (Å²) >= 11 is 0. The van der Waals surface area contributed by atoms with Gasteiger partial charge in [-0.05, 0) is 13.8 Å². The molecular formula is C9H20N2O. The summed E-state index contributed by atoms with van der Waals surface area (Å²) < 4.78 is 5.08. The lowest BCUT2D eigenvalue weighted by atomic mass is 10.1. The predicted molar refractivity (Wildman–Crippen MR) is 50.4 cm³/mol. The van der Waals surface area contributed by atoms with Crippen molar-refractivity contribution in [3.05, 3.63) is 0 Å². The Balaban J connectivity index is 2.27. The highest BCUT2D eigenvalue weighted by Crippen LogP contribution is 2.08. The Morgan fingerprint density at radius 2 is 2.17 bits per heavy atom. The van der Waals surface area contributed by atoms with Crippen LogP contribution in [0.15, 0.2) is 0 Å². The van der Waals surface area contributed by atoms with Gasteiger partial charge in [0.15, 0.2) is 0 Å². The monoisotopic (exact) mass is 172 g/mol. The molecule has 0 spiro atoms. The highest BCUT2D eigenvalue weighted by molar-refractivity contribution is 4.85. The minimum Gasteiger partial charge on any atom is -0.383 e. The molecule has 1 N–H and O–H groups in total. The highest BCUT2D eigenvalue weighted by Gasteiger charge is 2.25. The molecule has 1 saturated heterocycles. The van der Waals surface area contributed by atoms with Crippen LogP contribution >= 0.6 is 0 Å². The molecule has 0 radical (unpaired) electrons. The Hall–Kier alpha value is -0.120. The third-order valence-electron chi connectivity index (χ3n) is 2.45. The minimum absolute atomic E-state index is 0.632. The molecule has 1 aliphatic rings. The van der Waals surface area contributed by atoms with Crippen molar-refractivity contribution < 1.29 is 4.74 Å². The van der Waals surface area contributed by atoms with Gasteiger partial charge in [-0.1, -0.05) is 0 Å². The van der Waals surface area contributed by atoms with Crippen molar-refractivity contribution >= 4 is 0 Å². The van der Waals surface area contributed by atoms with Gasteiger partial charge in [-0.15, -0.1) is 0 Å². The van der Waals surface area contributed by atoms with Crippen LogP contribution in [-0.2, 0) is 4.74 Å². The standard InChI is InChI=1S/C9H20N2O/c1-8(2)11(4-5-12-3)9-6-10-7-9/h8-10H,4-7H2,1-3H3. The van der Waals surface area contributed by atoms with Crippen molar-refractivity contribution in [1.29, 1.82) is 0 Å². The first-order valence-corrected chi connectivity index (χ1v) is 4.71. The van der Waals surface area contributed by atoms with Crippen LogP contribution in [0.4, 0.5) is 0 Å². The molecule has 12 heavy (non-hydrogen) atoms. The third kappa shape index (κ3) is 2.44. The van der Waals surface area contributed by atoms with Crippen LogP contribution in [-0.4, -0.2) is 50.3 Å². The molecule has 72 valence electrons. The molecule has 0 saturated carbocycles. The molecule has 1 aliphatic heterocycles. The Morgan fingerprint density at radius 3 is 2.50 bits per heavy atom. The summed E-state index contributed by atoms with van der Waals surface area (Å²) in [5.74, 6) is 0. The lowest BCUT2D eigenvalue weighted by Gasteiger charge is -2.40. The first kappa shape index (κ1) is 9.96. The topological polar surface area (TPSA) is 24.5 Å². The van der Waals surface area contributed by atoms with Crippen LogP contribution < -0.4 is 5.32 Å². The molecule has 0 aromatic rings. The fourth-order valence-electron chi connectivity index (χ4n) is 1.57. The molecule has 0 amide bonds. The first-order chi connectivity index (χ1) is 5.75. The van der Waals surface area contributed by atoms with Crippen LogP contribution in [0.3, 0.4) is 0 Å². The smallest absolute Gasteiger partial charge is 0.0589 e. The van der Waals surface area contributed by atoms with E-state index in [-0.39, 0.29) is 0 Å². The minimum atomic E-state index is 0.632. The Kier molecular flexibility index (Phi) is 3.98. The van der Waals surface area contributed by atoms with E-state index in [2.05, 4.69) is 24.1 Å². The number of ether oxygens (including phenoxy) is 1. The highest BCUT2D eigenvalue weighted by atomic mass is 16.5. The van der Waals surface area contributed by atoms with E-state index in [1.165, 1.54) is 0 Å². The number of hydrogen-bond donors (Lipinski definition) is 1. The number of nitrogens with one attached hydrogen (secondary N) is 1. The lowest BCUT2D eigenvalue weighted by Crippen LogP contribution is -2.59. The molecule has 1 fully saturated rings. The zero-order valence-electron chi connectivity index (χ0n) is 8.34. The van der Waals surface area contributed by atoms with Crippen LogP contribution in [0.2, 0.25) is 0 Å². The quantitative estimate of drug-likeness (QED) is 0.646. The molecule has 0 bridgehead atoms. The van der Waals surface area contributed by atoms with Crippen molar-refractivity contribution in [2.75, 3.05) is 33.4 Å². The van der Waals surface area contributed by atoms with Gasteiger partial charge in [0.2, 0.25) is 0 Å². The summed E-state index contributed by atoms with van der Waals surface area (Å²) in [5.41, 5.74) is 0. The van der Waals surface area contributed by atoms with Crippen molar-refractivity contribution in [3.63, 3.8) is 0 Å². The fourth-order valence-corrected chi connectivity index (χ4v) is 1.57. The molecular weight excluding hydrogens is 152 g/mol. The van der Waals surface area contributed by atoms with Gasteiger partial charge < -0.3 is 10.1 Å². The van der Waals surface area contributed by atoms with Crippen LogP contribution in [0.25, 0.3) is 0 Å². The molecule has 3 heteroatoms. The van der Waals surface area contributed by atoms with Gasteiger partial charge in [-0.25, -0.2) is 0 Å². The van der Waals surface area contributed by atoms with Gasteiger partial charge >= 0.3 is 0 Å². The summed E-state index contributed by atoms with van der Waals surface area (Å²) in [4.78, 5) is 2.50. The summed E-state index contributed by atoms with van der Waals surface area (Å²) in [6.07, 6.45) is 0. The average Bonchev–Trinajstić information content (AvgIpc) is 1.93. The second-order valence-electron chi connectivity index (χ2n) is 3.64. The summed E-state index contributed by atoms with van der Waals surface area (Å²) in [7, 11) is 1.76. The van der Waals surface area contributed by atoms with E-state index in [1.54, 1.807) is 7.11 Å². The Morgan fingerprint density at radius 1 is 1.50 bits per heavy atom. The van der Waals surface area contributed by atoms with Crippen LogP contribution in [0, 0.1) is 0 Å². The number of methoxy groups -OCH3 is 1. The maximum Gasteiger partial charge on any atom is 0.0589 e. The third-order valence-corrected chi connectivity index (χ3v) is 2.45. The van der Waals surface area contributed by atoms with Gasteiger partial charge in [0.1, 0.15) is 0 Å². The molecule has 0 atom stereocenters. The molecule has 0 aromatic heterocycles. The zero-order chi connectivity index (χ0) is 8.97. The summed E-state index contributed by atoms with van der Waals surface area (Å²) in [5, 5.41) is 3.29. The molecule has 1 heterocycles. The van der Waals surface area contributed by atoms with E-state index in [4.69, 9.17) is 4.74 Å². The van der Waals surface area contributed by atoms with E-state index in [0.717, 1.165) is 32.3 Å². The SMILES string of the molecule is COCCN(C(C)C)C1CNC1. The summed E-state index contributed by atoms with van der Waals surface area (Å²) in [6, 6.07) is 1.37. The summed E-state index contributed by atoms with van der Waals surface area (Å²) in [6.45, 7) is 8.67. The predicted octanol–water partition coefficient (Wildman–Crippen LogP) is 0.315. The second-order valence-corrected chi connectivity index (χ2v) is 3.64. The maximum atomic E-state index is 5.08. The van der Waals surface area contributed by atoms with Gasteiger partial charge in [-0.3, -0.25) is 4.90 Å². The van der Waals surface area contributed by atoms with Crippen molar-refractivity contribution in [3.8, 4) is 0 Å². The molecule has 0 aromatic carbocycles. The largest absolute Gasteiger partial charge is 0.383 e. The van der Waals surface area contributed by atoms with E-state index < -0.39 is 0 Å². The first-order valence-electron chi connectivity index (χ1n) is 4.71. The van der Waals surface area contributed by atoms with Gasteiger partial charge in [0.05, 0.1) is 6.61 Å². The molecule has 3 nitrogen and oxygen atoms in total. The van der Waals surface area contributed by atoms with Crippen molar-refractivity contribution in [2.24, 2.45) is 0 Å². The van der Waals surface area contributed by atoms with Gasteiger partial charge in [-0.2, -0.15) is 0 Å². The van der Waals surface area contributed by atoms with Crippen molar-refractivity contribution in [2.45, 2.75) is 25.9 Å². The van der Waals surface area contributed by atoms with Crippen molar-refractivity contribution in [1.82, 2.24) is 10.2 Å². The molecule has 0 aliphatic carbocycles. The van der Waals surface area contributed by atoms with Crippen LogP contribution in [0.1, 0.15) is 13.8 Å². The molecule has 1 rings (SSSR count). The van der Waals surface area contributed by atoms with E-state index in [1.807, 2.05) is 0 Å². The Bertz CT molecular complexity index is 124. The number of rotatable bonds is 5. The number of nitrogens with zero attached hydrogens (tertiary/aromatic N) is 1. The molecule has 0 unspecified atom stereocenters. The van der Waals surface area contributed by atoms with Gasteiger partial charge in [0, 0.05) is 38.8 Å². The van der Waals surface area contributed by atoms with E-state index in [9.17, 15) is 0 Å². The fraction of sp³-hybridized carbons (Fsp3) is 1.00. The van der Waals surface area contributed by atoms with Crippen LogP contribution in [0.5, 0.6) is 0 Å². The van der Waals surface area contributed by atoms with E-state index in [0.29, 0.717) is 6.04 Å². The maximum absolute atomic E-state index is 5.08. The lowest BCUT2D eigenvalue weighted by molar-refractivity contribution is 0.0723. The Labute approximate surface area is 75.1 Å². The second kappa shape index (κ2) is 4.80. The van der Waals surface area contributed by atoms with E-state index >= 15 is 0 Å². The van der Waals surface area contributed by atoms with Gasteiger partial charge in [0.25, 0.3) is 0 Å².